The average Bonchev–Trinajstić information content (AvgIpc) is 2.45. The van der Waals surface area contributed by atoms with Crippen LogP contribution in [0.25, 0.3) is 0 Å². The summed E-state index contributed by atoms with van der Waals surface area (Å²) in [6.45, 7) is 2.15. The Balaban J connectivity index is 1.99. The van der Waals surface area contributed by atoms with Crippen LogP contribution in [0.2, 0.25) is 0 Å². The smallest absolute Gasteiger partial charge is 0.310 e. The molecule has 2 rings (SSSR count). The Morgan fingerprint density at radius 1 is 1.25 bits per heavy atom. The number of rotatable bonds is 5. The minimum absolute atomic E-state index is 0.474. The summed E-state index contributed by atoms with van der Waals surface area (Å²) in [5.41, 5.74) is 1.82. The highest BCUT2D eigenvalue weighted by Gasteiger charge is 2.12. The predicted octanol–water partition coefficient (Wildman–Crippen LogP) is 4.06. The van der Waals surface area contributed by atoms with Crippen LogP contribution in [0.5, 0.6) is 5.75 Å². The maximum absolute atomic E-state index is 10.9. The van der Waals surface area contributed by atoms with E-state index in [1.54, 1.807) is 6.92 Å². The van der Waals surface area contributed by atoms with Gasteiger partial charge in [-0.1, -0.05) is 30.3 Å². The van der Waals surface area contributed by atoms with E-state index in [2.05, 4.69) is 22.6 Å². The van der Waals surface area contributed by atoms with Crippen LogP contribution in [-0.2, 0) is 11.4 Å². The summed E-state index contributed by atoms with van der Waals surface area (Å²) in [4.78, 5) is 10.9. The van der Waals surface area contributed by atoms with E-state index < -0.39 is 11.9 Å². The van der Waals surface area contributed by atoms with E-state index in [4.69, 9.17) is 9.84 Å². The third-order valence-electron chi connectivity index (χ3n) is 3.05. The highest BCUT2D eigenvalue weighted by molar-refractivity contribution is 14.1. The van der Waals surface area contributed by atoms with Gasteiger partial charge >= 0.3 is 5.97 Å². The number of carbonyl (C=O) groups is 1. The standard InChI is InChI=1S/C16H15IO3/c1-11(16(18)19)13-7-5-12(6-8-13)10-20-15-4-2-3-14(17)9-15/h2-9,11H,10H2,1H3,(H,18,19). The van der Waals surface area contributed by atoms with Crippen molar-refractivity contribution >= 4 is 28.6 Å². The lowest BCUT2D eigenvalue weighted by Crippen LogP contribution is -2.07. The van der Waals surface area contributed by atoms with Crippen LogP contribution in [0.15, 0.2) is 48.5 Å². The molecule has 0 heterocycles. The molecule has 2 aromatic carbocycles. The van der Waals surface area contributed by atoms with Gasteiger partial charge in [0.15, 0.2) is 0 Å². The topological polar surface area (TPSA) is 46.5 Å². The van der Waals surface area contributed by atoms with Gasteiger partial charge in [-0.2, -0.15) is 0 Å². The van der Waals surface area contributed by atoms with Crippen molar-refractivity contribution in [1.29, 1.82) is 0 Å². The molecule has 3 nitrogen and oxygen atoms in total. The van der Waals surface area contributed by atoms with Crippen LogP contribution in [0, 0.1) is 3.57 Å². The van der Waals surface area contributed by atoms with Crippen LogP contribution in [0.1, 0.15) is 24.0 Å². The lowest BCUT2D eigenvalue weighted by Gasteiger charge is -2.09. The molecule has 0 saturated carbocycles. The van der Waals surface area contributed by atoms with E-state index >= 15 is 0 Å². The number of benzene rings is 2. The maximum Gasteiger partial charge on any atom is 0.310 e. The lowest BCUT2D eigenvalue weighted by atomic mass is 10.0. The second-order valence-electron chi connectivity index (χ2n) is 4.55. The summed E-state index contributed by atoms with van der Waals surface area (Å²) >= 11 is 2.24. The minimum atomic E-state index is -0.812. The van der Waals surface area contributed by atoms with Gasteiger partial charge in [0.05, 0.1) is 5.92 Å². The number of carboxylic acid groups (broad SMARTS) is 1. The van der Waals surface area contributed by atoms with Crippen molar-refractivity contribution in [3.8, 4) is 5.75 Å². The Morgan fingerprint density at radius 2 is 1.95 bits per heavy atom. The van der Waals surface area contributed by atoms with E-state index in [1.807, 2.05) is 48.5 Å². The molecular weight excluding hydrogens is 367 g/mol. The summed E-state index contributed by atoms with van der Waals surface area (Å²) in [7, 11) is 0. The summed E-state index contributed by atoms with van der Waals surface area (Å²) in [6.07, 6.45) is 0. The monoisotopic (exact) mass is 382 g/mol. The predicted molar refractivity (Wildman–Crippen MR) is 86.0 cm³/mol. The summed E-state index contributed by atoms with van der Waals surface area (Å²) < 4.78 is 6.83. The number of carboxylic acids is 1. The first-order chi connectivity index (χ1) is 9.56. The molecule has 0 fully saturated rings. The molecule has 0 aliphatic heterocycles. The van der Waals surface area contributed by atoms with Crippen LogP contribution in [0.3, 0.4) is 0 Å². The summed E-state index contributed by atoms with van der Waals surface area (Å²) in [5, 5.41) is 8.96. The van der Waals surface area contributed by atoms with Crippen molar-refractivity contribution < 1.29 is 14.6 Å². The molecule has 0 aromatic heterocycles. The van der Waals surface area contributed by atoms with Crippen molar-refractivity contribution in [2.45, 2.75) is 19.4 Å². The Kier molecular flexibility index (Phi) is 5.00. The normalized spacial score (nSPS) is 11.9. The van der Waals surface area contributed by atoms with E-state index in [0.29, 0.717) is 6.61 Å². The fraction of sp³-hybridized carbons (Fsp3) is 0.188. The van der Waals surface area contributed by atoms with Crippen molar-refractivity contribution in [2.24, 2.45) is 0 Å². The number of aliphatic carboxylic acids is 1. The SMILES string of the molecule is CC(C(=O)O)c1ccc(COc2cccc(I)c2)cc1. The van der Waals surface area contributed by atoms with Crippen LogP contribution >= 0.6 is 22.6 Å². The number of hydrogen-bond donors (Lipinski definition) is 1. The molecule has 0 spiro atoms. The Morgan fingerprint density at radius 3 is 2.55 bits per heavy atom. The maximum atomic E-state index is 10.9. The Labute approximate surface area is 131 Å². The molecular formula is C16H15IO3. The van der Waals surface area contributed by atoms with E-state index in [1.165, 1.54) is 0 Å². The Hall–Kier alpha value is -1.56. The third-order valence-corrected chi connectivity index (χ3v) is 3.72. The first kappa shape index (κ1) is 14.8. The highest BCUT2D eigenvalue weighted by atomic mass is 127. The third kappa shape index (κ3) is 3.96. The van der Waals surface area contributed by atoms with Gasteiger partial charge < -0.3 is 9.84 Å². The molecule has 1 atom stereocenters. The molecule has 2 aromatic rings. The van der Waals surface area contributed by atoms with E-state index in [-0.39, 0.29) is 0 Å². The minimum Gasteiger partial charge on any atom is -0.489 e. The quantitative estimate of drug-likeness (QED) is 0.794. The van der Waals surface area contributed by atoms with Crippen LogP contribution in [0.4, 0.5) is 0 Å². The molecule has 104 valence electrons. The van der Waals surface area contributed by atoms with Crippen molar-refractivity contribution in [2.75, 3.05) is 0 Å². The molecule has 4 heteroatoms. The zero-order valence-electron chi connectivity index (χ0n) is 11.0. The molecule has 0 bridgehead atoms. The first-order valence-corrected chi connectivity index (χ1v) is 7.34. The number of hydrogen-bond acceptors (Lipinski definition) is 2. The van der Waals surface area contributed by atoms with Crippen molar-refractivity contribution in [3.63, 3.8) is 0 Å². The van der Waals surface area contributed by atoms with Gasteiger partial charge in [-0.25, -0.2) is 0 Å². The van der Waals surface area contributed by atoms with Gasteiger partial charge in [0.2, 0.25) is 0 Å². The van der Waals surface area contributed by atoms with Crippen LogP contribution < -0.4 is 4.74 Å². The van der Waals surface area contributed by atoms with Gasteiger partial charge in [-0.05, 0) is 58.8 Å². The largest absolute Gasteiger partial charge is 0.489 e. The van der Waals surface area contributed by atoms with Gasteiger partial charge in [0, 0.05) is 3.57 Å². The van der Waals surface area contributed by atoms with E-state index in [9.17, 15) is 4.79 Å². The van der Waals surface area contributed by atoms with Crippen molar-refractivity contribution in [1.82, 2.24) is 0 Å². The summed E-state index contributed by atoms with van der Waals surface area (Å²) in [5.74, 6) is -0.464. The van der Waals surface area contributed by atoms with Crippen LogP contribution in [-0.4, -0.2) is 11.1 Å². The van der Waals surface area contributed by atoms with Gasteiger partial charge in [-0.3, -0.25) is 4.79 Å². The molecule has 1 unspecified atom stereocenters. The number of halogens is 1. The summed E-state index contributed by atoms with van der Waals surface area (Å²) in [6, 6.07) is 15.3. The highest BCUT2D eigenvalue weighted by Crippen LogP contribution is 2.19. The fourth-order valence-corrected chi connectivity index (χ4v) is 2.28. The van der Waals surface area contributed by atoms with Gasteiger partial charge in [0.1, 0.15) is 12.4 Å². The molecule has 1 N–H and O–H groups in total. The zero-order chi connectivity index (χ0) is 14.5. The molecule has 0 saturated heterocycles. The second kappa shape index (κ2) is 6.74. The van der Waals surface area contributed by atoms with E-state index in [0.717, 1.165) is 20.4 Å². The molecule has 0 aliphatic rings. The zero-order valence-corrected chi connectivity index (χ0v) is 13.2. The first-order valence-electron chi connectivity index (χ1n) is 6.26. The molecule has 0 radical (unpaired) electrons. The fourth-order valence-electron chi connectivity index (χ4n) is 1.77. The second-order valence-corrected chi connectivity index (χ2v) is 5.79. The molecule has 0 aliphatic carbocycles. The molecule has 0 amide bonds. The van der Waals surface area contributed by atoms with Gasteiger partial charge in [0.25, 0.3) is 0 Å². The molecule has 20 heavy (non-hydrogen) atoms. The average molecular weight is 382 g/mol. The lowest BCUT2D eigenvalue weighted by molar-refractivity contribution is -0.138. The van der Waals surface area contributed by atoms with Gasteiger partial charge in [-0.15, -0.1) is 0 Å². The Bertz CT molecular complexity index is 593. The number of ether oxygens (including phenoxy) is 1. The van der Waals surface area contributed by atoms with Crippen molar-refractivity contribution in [3.05, 3.63) is 63.2 Å².